The number of aryl methyl sites for hydroxylation is 1. The number of fused-ring (bicyclic) bond motifs is 1. The maximum atomic E-state index is 5.99. The van der Waals surface area contributed by atoms with Crippen LogP contribution < -0.4 is 0 Å². The van der Waals surface area contributed by atoms with E-state index in [1.165, 1.54) is 21.6 Å². The van der Waals surface area contributed by atoms with Gasteiger partial charge in [-0.1, -0.05) is 47.6 Å². The number of para-hydroxylation sites is 2. The summed E-state index contributed by atoms with van der Waals surface area (Å²) in [6, 6.07) is 16.2. The van der Waals surface area contributed by atoms with Crippen LogP contribution in [0.1, 0.15) is 22.4 Å². The first-order valence-electron chi connectivity index (χ1n) is 9.00. The number of hydrogen-bond donors (Lipinski definition) is 1. The Hall–Kier alpha value is -1.95. The van der Waals surface area contributed by atoms with E-state index < -0.39 is 0 Å². The average Bonchev–Trinajstić information content (AvgIpc) is 3.11. The number of H-pyrrole nitrogens is 1. The fraction of sp³-hybridized carbons (Fsp3) is 0.182. The summed E-state index contributed by atoms with van der Waals surface area (Å²) in [5.41, 5.74) is 6.91. The van der Waals surface area contributed by atoms with Crippen LogP contribution in [0.15, 0.2) is 64.8 Å². The second-order valence-electron chi connectivity index (χ2n) is 6.60. The van der Waals surface area contributed by atoms with E-state index in [4.69, 9.17) is 11.6 Å². The highest BCUT2D eigenvalue weighted by Crippen LogP contribution is 2.32. The van der Waals surface area contributed by atoms with E-state index in [1.54, 1.807) is 11.8 Å². The molecule has 0 saturated heterocycles. The molecule has 0 aliphatic heterocycles. The molecule has 0 fully saturated rings. The minimum atomic E-state index is 0.773. The Labute approximate surface area is 178 Å². The number of rotatable bonds is 6. The van der Waals surface area contributed by atoms with Crippen LogP contribution in [0, 0.1) is 13.8 Å². The zero-order chi connectivity index (χ0) is 19.5. The van der Waals surface area contributed by atoms with Crippen LogP contribution in [-0.2, 0) is 11.5 Å². The molecule has 6 heteroatoms. The van der Waals surface area contributed by atoms with E-state index in [1.807, 2.05) is 54.4 Å². The second-order valence-corrected chi connectivity index (χ2v) is 8.99. The minimum absolute atomic E-state index is 0.773. The molecule has 3 nitrogen and oxygen atoms in total. The predicted molar refractivity (Wildman–Crippen MR) is 120 cm³/mol. The third-order valence-corrected chi connectivity index (χ3v) is 7.09. The number of aromatic amines is 1. The number of thioether (sulfide) groups is 2. The SMILES string of the molecule is Cc1cnc(CSc2nc3ccccc3[nH]2)c(C)c1SCc1ccc(Cl)cc1. The molecule has 0 aliphatic rings. The van der Waals surface area contributed by atoms with Crippen molar-refractivity contribution in [3.63, 3.8) is 0 Å². The Morgan fingerprint density at radius 2 is 1.75 bits per heavy atom. The van der Waals surface area contributed by atoms with Gasteiger partial charge in [0.2, 0.25) is 0 Å². The standard InChI is InChI=1S/C22H20ClN3S2/c1-14-11-24-20(13-28-22-25-18-5-3-4-6-19(18)26-22)15(2)21(14)27-12-16-7-9-17(23)10-8-16/h3-11H,12-13H2,1-2H3,(H,25,26). The molecular formula is C22H20ClN3S2. The molecule has 0 atom stereocenters. The normalized spacial score (nSPS) is 11.2. The van der Waals surface area contributed by atoms with Crippen LogP contribution in [0.5, 0.6) is 0 Å². The van der Waals surface area contributed by atoms with Crippen molar-refractivity contribution in [3.05, 3.63) is 82.1 Å². The summed E-state index contributed by atoms with van der Waals surface area (Å²) in [6.07, 6.45) is 1.98. The van der Waals surface area contributed by atoms with Gasteiger partial charge >= 0.3 is 0 Å². The topological polar surface area (TPSA) is 41.6 Å². The summed E-state index contributed by atoms with van der Waals surface area (Å²) in [5, 5.41) is 1.70. The van der Waals surface area contributed by atoms with Crippen molar-refractivity contribution in [2.45, 2.75) is 35.4 Å². The number of hydrogen-bond acceptors (Lipinski definition) is 4. The number of nitrogens with one attached hydrogen (secondary N) is 1. The van der Waals surface area contributed by atoms with Gasteiger partial charge < -0.3 is 4.98 Å². The summed E-state index contributed by atoms with van der Waals surface area (Å²) in [6.45, 7) is 4.29. The van der Waals surface area contributed by atoms with Gasteiger partial charge in [0.15, 0.2) is 5.16 Å². The molecule has 4 rings (SSSR count). The van der Waals surface area contributed by atoms with Gasteiger partial charge in [0, 0.05) is 27.6 Å². The van der Waals surface area contributed by atoms with E-state index >= 15 is 0 Å². The number of benzene rings is 2. The van der Waals surface area contributed by atoms with Crippen molar-refractivity contribution >= 4 is 46.2 Å². The molecule has 0 aliphatic carbocycles. The molecule has 2 aromatic carbocycles. The molecule has 28 heavy (non-hydrogen) atoms. The van der Waals surface area contributed by atoms with E-state index in [0.29, 0.717) is 0 Å². The summed E-state index contributed by atoms with van der Waals surface area (Å²) in [7, 11) is 0. The van der Waals surface area contributed by atoms with Crippen molar-refractivity contribution in [2.75, 3.05) is 0 Å². The van der Waals surface area contributed by atoms with Gasteiger partial charge in [-0.3, -0.25) is 4.98 Å². The number of halogens is 1. The highest BCUT2D eigenvalue weighted by molar-refractivity contribution is 7.98. The third kappa shape index (κ3) is 4.37. The quantitative estimate of drug-likeness (QED) is 0.344. The maximum Gasteiger partial charge on any atom is 0.166 e. The van der Waals surface area contributed by atoms with Gasteiger partial charge in [-0.05, 0) is 54.8 Å². The Morgan fingerprint density at radius 3 is 2.54 bits per heavy atom. The predicted octanol–water partition coefficient (Wildman–Crippen LogP) is 6.81. The smallest absolute Gasteiger partial charge is 0.166 e. The van der Waals surface area contributed by atoms with Crippen LogP contribution in [-0.4, -0.2) is 15.0 Å². The zero-order valence-electron chi connectivity index (χ0n) is 15.7. The van der Waals surface area contributed by atoms with Gasteiger partial charge in [-0.15, -0.1) is 11.8 Å². The number of nitrogens with zero attached hydrogens (tertiary/aromatic N) is 2. The third-order valence-electron chi connectivity index (χ3n) is 4.56. The Kier molecular flexibility index (Phi) is 5.95. The second kappa shape index (κ2) is 8.60. The monoisotopic (exact) mass is 425 g/mol. The van der Waals surface area contributed by atoms with Crippen molar-refractivity contribution in [1.82, 2.24) is 15.0 Å². The average molecular weight is 426 g/mol. The Balaban J connectivity index is 1.48. The molecule has 0 bridgehead atoms. The number of pyridine rings is 1. The first-order chi connectivity index (χ1) is 13.6. The molecular weight excluding hydrogens is 406 g/mol. The van der Waals surface area contributed by atoms with Gasteiger partial charge in [-0.25, -0.2) is 4.98 Å². The van der Waals surface area contributed by atoms with E-state index in [9.17, 15) is 0 Å². The van der Waals surface area contributed by atoms with Crippen LogP contribution in [0.3, 0.4) is 0 Å². The van der Waals surface area contributed by atoms with Crippen LogP contribution in [0.25, 0.3) is 11.0 Å². The largest absolute Gasteiger partial charge is 0.333 e. The molecule has 0 spiro atoms. The van der Waals surface area contributed by atoms with Crippen molar-refractivity contribution in [1.29, 1.82) is 0 Å². The molecule has 2 heterocycles. The highest BCUT2D eigenvalue weighted by Gasteiger charge is 2.12. The highest BCUT2D eigenvalue weighted by atomic mass is 35.5. The van der Waals surface area contributed by atoms with Gasteiger partial charge in [-0.2, -0.15) is 0 Å². The molecule has 142 valence electrons. The summed E-state index contributed by atoms with van der Waals surface area (Å²) in [5.74, 6) is 1.71. The van der Waals surface area contributed by atoms with E-state index in [-0.39, 0.29) is 0 Å². The molecule has 0 saturated carbocycles. The van der Waals surface area contributed by atoms with E-state index in [0.717, 1.165) is 38.4 Å². The summed E-state index contributed by atoms with van der Waals surface area (Å²) >= 11 is 9.53. The zero-order valence-corrected chi connectivity index (χ0v) is 18.1. The van der Waals surface area contributed by atoms with Crippen LogP contribution in [0.2, 0.25) is 5.02 Å². The fourth-order valence-corrected chi connectivity index (χ4v) is 5.15. The molecule has 4 aromatic rings. The van der Waals surface area contributed by atoms with Gasteiger partial charge in [0.1, 0.15) is 0 Å². The van der Waals surface area contributed by atoms with Gasteiger partial charge in [0.05, 0.1) is 16.7 Å². The lowest BCUT2D eigenvalue weighted by atomic mass is 10.2. The number of aromatic nitrogens is 3. The lowest BCUT2D eigenvalue weighted by molar-refractivity contribution is 1.03. The summed E-state index contributed by atoms with van der Waals surface area (Å²) < 4.78 is 0. The lowest BCUT2D eigenvalue weighted by Crippen LogP contribution is -1.97. The minimum Gasteiger partial charge on any atom is -0.333 e. The number of imidazole rings is 1. The Morgan fingerprint density at radius 1 is 0.964 bits per heavy atom. The first kappa shape index (κ1) is 19.4. The lowest BCUT2D eigenvalue weighted by Gasteiger charge is -2.13. The van der Waals surface area contributed by atoms with Crippen LogP contribution in [0.4, 0.5) is 0 Å². The molecule has 0 amide bonds. The van der Waals surface area contributed by atoms with E-state index in [2.05, 4.69) is 40.9 Å². The molecule has 1 N–H and O–H groups in total. The van der Waals surface area contributed by atoms with Crippen molar-refractivity contribution in [3.8, 4) is 0 Å². The summed E-state index contributed by atoms with van der Waals surface area (Å²) in [4.78, 5) is 14.0. The fourth-order valence-electron chi connectivity index (χ4n) is 3.00. The molecule has 0 radical (unpaired) electrons. The maximum absolute atomic E-state index is 5.99. The van der Waals surface area contributed by atoms with Crippen LogP contribution >= 0.6 is 35.1 Å². The molecule has 0 unspecified atom stereocenters. The first-order valence-corrected chi connectivity index (χ1v) is 11.3. The Bertz CT molecular complexity index is 1070. The van der Waals surface area contributed by atoms with Crippen molar-refractivity contribution in [2.24, 2.45) is 0 Å². The molecule has 2 aromatic heterocycles. The van der Waals surface area contributed by atoms with Crippen molar-refractivity contribution < 1.29 is 0 Å². The van der Waals surface area contributed by atoms with Gasteiger partial charge in [0.25, 0.3) is 0 Å².